The first kappa shape index (κ1) is 12.7. The van der Waals surface area contributed by atoms with E-state index in [4.69, 9.17) is 23.2 Å². The van der Waals surface area contributed by atoms with Crippen molar-refractivity contribution in [1.82, 2.24) is 0 Å². The third-order valence-electron chi connectivity index (χ3n) is 2.31. The molecule has 0 amide bonds. The van der Waals surface area contributed by atoms with Crippen molar-refractivity contribution in [3.63, 3.8) is 0 Å². The molecule has 2 rings (SSSR count). The molecule has 0 heterocycles. The summed E-state index contributed by atoms with van der Waals surface area (Å²) < 4.78 is 11.3. The molecular formula is C11H5Cl2IO3. The lowest BCUT2D eigenvalue weighted by Gasteiger charge is -2.08. The standard InChI is InChI=1S/C11H5Cl2IO3/c12-7-3-1-2-5-6(7)4-8(13)10(14-17)9(5)11(15)16/h1-4H,(H,15,16). The normalized spacial score (nSPS) is 10.7. The van der Waals surface area contributed by atoms with E-state index in [1.807, 2.05) is 0 Å². The van der Waals surface area contributed by atoms with E-state index in [0.29, 0.717) is 15.8 Å². The van der Waals surface area contributed by atoms with Crippen molar-refractivity contribution in [3.05, 3.63) is 43.4 Å². The molecule has 3 nitrogen and oxygen atoms in total. The number of benzene rings is 2. The third-order valence-corrected chi connectivity index (χ3v) is 4.82. The number of hydrogen-bond donors (Lipinski definition) is 1. The van der Waals surface area contributed by atoms with E-state index in [1.54, 1.807) is 24.3 Å². The van der Waals surface area contributed by atoms with Crippen LogP contribution in [-0.4, -0.2) is 11.1 Å². The van der Waals surface area contributed by atoms with Crippen molar-refractivity contribution in [2.24, 2.45) is 0 Å². The number of hydrogen-bond acceptors (Lipinski definition) is 2. The van der Waals surface area contributed by atoms with Gasteiger partial charge in [-0.05, 0) is 17.5 Å². The van der Waals surface area contributed by atoms with Crippen LogP contribution in [0.25, 0.3) is 10.8 Å². The molecule has 2 aromatic carbocycles. The summed E-state index contributed by atoms with van der Waals surface area (Å²) in [7, 11) is 0. The summed E-state index contributed by atoms with van der Waals surface area (Å²) in [5.41, 5.74) is -0.0159. The van der Waals surface area contributed by atoms with E-state index in [0.717, 1.165) is 0 Å². The van der Waals surface area contributed by atoms with E-state index >= 15 is 0 Å². The number of halogens is 3. The summed E-state index contributed by atoms with van der Waals surface area (Å²) in [6.45, 7) is 0. The van der Waals surface area contributed by atoms with Crippen LogP contribution in [0.15, 0.2) is 24.3 Å². The van der Waals surface area contributed by atoms with Crippen LogP contribution in [0.1, 0.15) is 10.4 Å². The zero-order valence-corrected chi connectivity index (χ0v) is 11.9. The van der Waals surface area contributed by atoms with Crippen LogP contribution in [0, 0.1) is 3.57 Å². The minimum Gasteiger partial charge on any atom is -0.478 e. The summed E-state index contributed by atoms with van der Waals surface area (Å²) in [5.74, 6) is -1.15. The molecule has 6 heteroatoms. The molecular weight excluding hydrogens is 378 g/mol. The van der Waals surface area contributed by atoms with Gasteiger partial charge < -0.3 is 5.11 Å². The second-order valence-electron chi connectivity index (χ2n) is 3.26. The minimum absolute atomic E-state index is 0.0159. The highest BCUT2D eigenvalue weighted by Gasteiger charge is 2.19. The van der Waals surface area contributed by atoms with Crippen molar-refractivity contribution in [1.29, 1.82) is 0 Å². The largest absolute Gasteiger partial charge is 0.478 e. The molecule has 0 aromatic heterocycles. The first-order chi connectivity index (χ1) is 8.06. The van der Waals surface area contributed by atoms with Gasteiger partial charge in [0.1, 0.15) is 0 Å². The molecule has 0 fully saturated rings. The van der Waals surface area contributed by atoms with Crippen LogP contribution >= 0.6 is 44.4 Å². The van der Waals surface area contributed by atoms with Crippen LogP contribution in [0.3, 0.4) is 0 Å². The minimum atomic E-state index is -1.66. The highest BCUT2D eigenvalue weighted by atomic mass is 127. The number of aromatic carboxylic acids is 1. The lowest BCUT2D eigenvalue weighted by molar-refractivity contribution is 0.0698. The maximum Gasteiger partial charge on any atom is 0.337 e. The molecule has 1 N–H and O–H groups in total. The highest BCUT2D eigenvalue weighted by molar-refractivity contribution is 14.1. The maximum atomic E-state index is 11.2. The van der Waals surface area contributed by atoms with Gasteiger partial charge >= 0.3 is 5.97 Å². The average molecular weight is 383 g/mol. The quantitative estimate of drug-likeness (QED) is 0.786. The molecule has 0 atom stereocenters. The van der Waals surface area contributed by atoms with Gasteiger partial charge in [0, 0.05) is 10.4 Å². The molecule has 2 aromatic rings. The maximum absolute atomic E-state index is 11.2. The predicted octanol–water partition coefficient (Wildman–Crippen LogP) is 4.33. The van der Waals surface area contributed by atoms with E-state index in [2.05, 4.69) is 0 Å². The Balaban J connectivity index is 3.03. The zero-order valence-electron chi connectivity index (χ0n) is 8.21. The Morgan fingerprint density at radius 1 is 1.18 bits per heavy atom. The molecule has 0 saturated heterocycles. The molecule has 0 bridgehead atoms. The fourth-order valence-electron chi connectivity index (χ4n) is 1.61. The van der Waals surface area contributed by atoms with Gasteiger partial charge in [0.15, 0.2) is 21.2 Å². The molecule has 0 spiro atoms. The SMILES string of the molecule is O=Ic1c(Cl)cc2c(Cl)cccc2c1C(=O)O. The fraction of sp³-hybridized carbons (Fsp3) is 0. The fourth-order valence-corrected chi connectivity index (χ4v) is 3.35. The Labute approximate surface area is 117 Å². The van der Waals surface area contributed by atoms with E-state index in [1.165, 1.54) is 0 Å². The van der Waals surface area contributed by atoms with Gasteiger partial charge in [0.05, 0.1) is 14.2 Å². The van der Waals surface area contributed by atoms with Gasteiger partial charge in [0.2, 0.25) is 0 Å². The van der Waals surface area contributed by atoms with Gasteiger partial charge in [-0.2, -0.15) is 0 Å². The van der Waals surface area contributed by atoms with Gasteiger partial charge in [-0.1, -0.05) is 35.3 Å². The summed E-state index contributed by atoms with van der Waals surface area (Å²) in [5, 5.41) is 10.8. The summed E-state index contributed by atoms with van der Waals surface area (Å²) in [4.78, 5) is 11.2. The van der Waals surface area contributed by atoms with Crippen LogP contribution in [0.5, 0.6) is 0 Å². The lowest BCUT2D eigenvalue weighted by Crippen LogP contribution is -2.02. The van der Waals surface area contributed by atoms with Crippen molar-refractivity contribution in [2.45, 2.75) is 0 Å². The Morgan fingerprint density at radius 3 is 2.47 bits per heavy atom. The van der Waals surface area contributed by atoms with Gasteiger partial charge in [-0.25, -0.2) is 4.79 Å². The number of rotatable bonds is 2. The smallest absolute Gasteiger partial charge is 0.337 e. The van der Waals surface area contributed by atoms with Crippen LogP contribution < -0.4 is 0 Å². The Hall–Kier alpha value is -0.720. The number of carboxylic acids is 1. The average Bonchev–Trinajstić information content (AvgIpc) is 2.28. The number of carboxylic acid groups (broad SMARTS) is 1. The molecule has 0 radical (unpaired) electrons. The molecule has 88 valence electrons. The van der Waals surface area contributed by atoms with E-state index < -0.39 is 27.2 Å². The second-order valence-corrected chi connectivity index (χ2v) is 5.60. The molecule has 0 saturated carbocycles. The lowest BCUT2D eigenvalue weighted by atomic mass is 10.0. The molecule has 17 heavy (non-hydrogen) atoms. The first-order valence-corrected chi connectivity index (χ1v) is 7.19. The van der Waals surface area contributed by atoms with Crippen LogP contribution in [0.4, 0.5) is 0 Å². The summed E-state index contributed by atoms with van der Waals surface area (Å²) in [6.07, 6.45) is 0. The van der Waals surface area contributed by atoms with Crippen molar-refractivity contribution >= 4 is 61.1 Å². The zero-order chi connectivity index (χ0) is 12.6. The van der Waals surface area contributed by atoms with Crippen molar-refractivity contribution in [3.8, 4) is 0 Å². The highest BCUT2D eigenvalue weighted by Crippen LogP contribution is 2.35. The molecule has 0 aliphatic carbocycles. The van der Waals surface area contributed by atoms with Crippen LogP contribution in [-0.2, 0) is 3.07 Å². The number of fused-ring (bicyclic) bond motifs is 1. The van der Waals surface area contributed by atoms with Crippen LogP contribution in [0.2, 0.25) is 10.0 Å². The van der Waals surface area contributed by atoms with Crippen molar-refractivity contribution in [2.75, 3.05) is 0 Å². The number of carbonyl (C=O) groups is 1. The van der Waals surface area contributed by atoms with E-state index in [9.17, 15) is 13.0 Å². The molecule has 0 aliphatic rings. The van der Waals surface area contributed by atoms with Gasteiger partial charge in [-0.3, -0.25) is 3.07 Å². The molecule has 0 unspecified atom stereocenters. The Kier molecular flexibility index (Phi) is 3.65. The first-order valence-electron chi connectivity index (χ1n) is 4.47. The summed E-state index contributed by atoms with van der Waals surface area (Å²) >= 11 is 10.3. The molecule has 0 aliphatic heterocycles. The Morgan fingerprint density at radius 2 is 1.88 bits per heavy atom. The predicted molar refractivity (Wildman–Crippen MR) is 74.3 cm³/mol. The topological polar surface area (TPSA) is 54.4 Å². The van der Waals surface area contributed by atoms with Crippen molar-refractivity contribution < 1.29 is 13.0 Å². The summed E-state index contributed by atoms with van der Waals surface area (Å²) in [6, 6.07) is 6.48. The van der Waals surface area contributed by atoms with Gasteiger partial charge in [0.25, 0.3) is 0 Å². The van der Waals surface area contributed by atoms with E-state index in [-0.39, 0.29) is 14.2 Å². The Bertz CT molecular complexity index is 640. The third kappa shape index (κ3) is 2.17. The second kappa shape index (κ2) is 4.88. The monoisotopic (exact) mass is 382 g/mol. The van der Waals surface area contributed by atoms with Gasteiger partial charge in [-0.15, -0.1) is 0 Å².